The first kappa shape index (κ1) is 25.0. The van der Waals surface area contributed by atoms with E-state index in [9.17, 15) is 14.4 Å². The van der Waals surface area contributed by atoms with Gasteiger partial charge in [-0.15, -0.1) is 0 Å². The second-order valence-corrected chi connectivity index (χ2v) is 7.69. The molecule has 3 amide bonds. The number of carbonyl (C=O) groups excluding carboxylic acids is 3. The highest BCUT2D eigenvalue weighted by Crippen LogP contribution is 2.19. The number of nitrogens with one attached hydrogen (secondary N) is 3. The van der Waals surface area contributed by atoms with Crippen LogP contribution in [0.4, 0.5) is 0 Å². The van der Waals surface area contributed by atoms with Crippen LogP contribution in [0.2, 0.25) is 0 Å². The van der Waals surface area contributed by atoms with Crippen LogP contribution >= 0.6 is 12.6 Å². The fourth-order valence-electron chi connectivity index (χ4n) is 3.14. The number of hydrogen-bond acceptors (Lipinski definition) is 6. The maximum absolute atomic E-state index is 12.9. The zero-order valence-corrected chi connectivity index (χ0v) is 18.5. The molecule has 174 valence electrons. The van der Waals surface area contributed by atoms with Gasteiger partial charge in [-0.05, 0) is 24.5 Å². The van der Waals surface area contributed by atoms with Crippen LogP contribution < -0.4 is 33.6 Å². The third-order valence-corrected chi connectivity index (χ3v) is 5.24. The molecule has 1 aromatic carbocycles. The molecule has 0 aliphatic heterocycles. The van der Waals surface area contributed by atoms with Crippen LogP contribution in [0.15, 0.2) is 35.5 Å². The van der Waals surface area contributed by atoms with Gasteiger partial charge in [0.15, 0.2) is 5.96 Å². The smallest absolute Gasteiger partial charge is 0.243 e. The number of fused-ring (bicyclic) bond motifs is 1. The molecule has 2 rings (SSSR count). The number of guanidine groups is 1. The van der Waals surface area contributed by atoms with Crippen LogP contribution in [-0.4, -0.2) is 59.1 Å². The number of rotatable bonds is 12. The number of primary amides is 1. The molecule has 0 aliphatic rings. The minimum atomic E-state index is -0.979. The summed E-state index contributed by atoms with van der Waals surface area (Å²) in [6.07, 6.45) is 2.77. The van der Waals surface area contributed by atoms with Gasteiger partial charge in [-0.1, -0.05) is 18.2 Å². The normalized spacial score (nSPS) is 13.7. The van der Waals surface area contributed by atoms with Crippen molar-refractivity contribution in [3.8, 4) is 0 Å². The average molecular weight is 463 g/mol. The first-order valence-corrected chi connectivity index (χ1v) is 10.7. The molecule has 11 nitrogen and oxygen atoms in total. The molecule has 3 unspecified atom stereocenters. The monoisotopic (exact) mass is 462 g/mol. The molecular weight excluding hydrogens is 432 g/mol. The van der Waals surface area contributed by atoms with E-state index in [1.807, 2.05) is 24.3 Å². The fraction of sp³-hybridized carbons (Fsp3) is 0.400. The molecule has 1 heterocycles. The number of H-pyrrole nitrogens is 1. The Morgan fingerprint density at radius 1 is 1.06 bits per heavy atom. The molecule has 0 radical (unpaired) electrons. The van der Waals surface area contributed by atoms with Crippen molar-refractivity contribution in [2.45, 2.75) is 37.4 Å². The predicted octanol–water partition coefficient (Wildman–Crippen LogP) is -1.52. The number of thiol groups is 1. The van der Waals surface area contributed by atoms with Gasteiger partial charge in [0.2, 0.25) is 17.7 Å². The SMILES string of the molecule is NC(=O)C(CS)NC(=O)C(Cc1c[nH]c2ccccc12)NC(=O)C(N)CCCN=C(N)N. The third-order valence-electron chi connectivity index (χ3n) is 4.88. The Morgan fingerprint density at radius 2 is 1.75 bits per heavy atom. The highest BCUT2D eigenvalue weighted by molar-refractivity contribution is 7.80. The molecule has 32 heavy (non-hydrogen) atoms. The van der Waals surface area contributed by atoms with Crippen LogP contribution in [-0.2, 0) is 20.8 Å². The zero-order chi connectivity index (χ0) is 23.7. The minimum absolute atomic E-state index is 0.0269. The van der Waals surface area contributed by atoms with E-state index in [1.54, 1.807) is 6.20 Å². The summed E-state index contributed by atoms with van der Waals surface area (Å²) >= 11 is 4.04. The molecule has 0 bridgehead atoms. The lowest BCUT2D eigenvalue weighted by molar-refractivity contribution is -0.131. The summed E-state index contributed by atoms with van der Waals surface area (Å²) in [6, 6.07) is 4.77. The van der Waals surface area contributed by atoms with Gasteiger partial charge in [0.05, 0.1) is 6.04 Å². The van der Waals surface area contributed by atoms with Crippen LogP contribution in [0.3, 0.4) is 0 Å². The van der Waals surface area contributed by atoms with Crippen molar-refractivity contribution < 1.29 is 14.4 Å². The number of amides is 3. The number of nitrogens with zero attached hydrogens (tertiary/aromatic N) is 1. The minimum Gasteiger partial charge on any atom is -0.370 e. The summed E-state index contributed by atoms with van der Waals surface area (Å²) in [6.45, 7) is 0.338. The second kappa shape index (κ2) is 12.0. The van der Waals surface area contributed by atoms with Gasteiger partial charge in [0, 0.05) is 35.8 Å². The number of aliphatic imine (C=N–C) groups is 1. The van der Waals surface area contributed by atoms with Crippen LogP contribution in [0.25, 0.3) is 10.9 Å². The van der Waals surface area contributed by atoms with Crippen LogP contribution in [0.1, 0.15) is 18.4 Å². The maximum Gasteiger partial charge on any atom is 0.243 e. The third kappa shape index (κ3) is 7.17. The Balaban J connectivity index is 2.14. The van der Waals surface area contributed by atoms with E-state index >= 15 is 0 Å². The van der Waals surface area contributed by atoms with Crippen molar-refractivity contribution in [3.05, 3.63) is 36.0 Å². The van der Waals surface area contributed by atoms with E-state index in [1.165, 1.54) is 0 Å². The Hall–Kier alpha value is -3.25. The largest absolute Gasteiger partial charge is 0.370 e. The van der Waals surface area contributed by atoms with Crippen molar-refractivity contribution in [3.63, 3.8) is 0 Å². The molecule has 0 aliphatic carbocycles. The number of nitrogens with two attached hydrogens (primary N) is 4. The van der Waals surface area contributed by atoms with E-state index in [4.69, 9.17) is 22.9 Å². The molecule has 0 fully saturated rings. The lowest BCUT2D eigenvalue weighted by Gasteiger charge is -2.22. The highest BCUT2D eigenvalue weighted by Gasteiger charge is 2.27. The van der Waals surface area contributed by atoms with Gasteiger partial charge in [0.25, 0.3) is 0 Å². The van der Waals surface area contributed by atoms with Gasteiger partial charge < -0.3 is 38.6 Å². The summed E-state index contributed by atoms with van der Waals surface area (Å²) in [5.74, 6) is -1.79. The van der Waals surface area contributed by atoms with Crippen molar-refractivity contribution in [2.75, 3.05) is 12.3 Å². The fourth-order valence-corrected chi connectivity index (χ4v) is 3.41. The summed E-state index contributed by atoms with van der Waals surface area (Å²) in [4.78, 5) is 44.1. The molecular formula is C20H30N8O3S. The Bertz CT molecular complexity index is 973. The van der Waals surface area contributed by atoms with Crippen molar-refractivity contribution in [1.82, 2.24) is 15.6 Å². The topological polar surface area (TPSA) is 208 Å². The van der Waals surface area contributed by atoms with Crippen LogP contribution in [0, 0.1) is 0 Å². The van der Waals surface area contributed by atoms with Gasteiger partial charge in [0.1, 0.15) is 12.1 Å². The number of aromatic amines is 1. The van der Waals surface area contributed by atoms with E-state index in [0.717, 1.165) is 16.5 Å². The second-order valence-electron chi connectivity index (χ2n) is 7.33. The summed E-state index contributed by atoms with van der Waals surface area (Å²) < 4.78 is 0. The van der Waals surface area contributed by atoms with Gasteiger partial charge in [-0.3, -0.25) is 19.4 Å². The van der Waals surface area contributed by atoms with Crippen LogP contribution in [0.5, 0.6) is 0 Å². The Kier molecular flexibility index (Phi) is 9.35. The maximum atomic E-state index is 12.9. The van der Waals surface area contributed by atoms with Gasteiger partial charge in [-0.25, -0.2) is 0 Å². The zero-order valence-electron chi connectivity index (χ0n) is 17.6. The molecule has 12 heteroatoms. The van der Waals surface area contributed by atoms with Crippen molar-refractivity contribution in [2.24, 2.45) is 27.9 Å². The number of aromatic nitrogens is 1. The van der Waals surface area contributed by atoms with E-state index in [2.05, 4.69) is 33.2 Å². The lowest BCUT2D eigenvalue weighted by Crippen LogP contribution is -2.56. The van der Waals surface area contributed by atoms with Gasteiger partial charge in [-0.2, -0.15) is 12.6 Å². The molecule has 1 aromatic heterocycles. The molecule has 2 aromatic rings. The molecule has 11 N–H and O–H groups in total. The Labute approximate surface area is 191 Å². The summed E-state index contributed by atoms with van der Waals surface area (Å²) in [5, 5.41) is 6.14. The number of para-hydroxylation sites is 1. The average Bonchev–Trinajstić information content (AvgIpc) is 3.16. The summed E-state index contributed by atoms with van der Waals surface area (Å²) in [7, 11) is 0. The number of carbonyl (C=O) groups is 3. The van der Waals surface area contributed by atoms with Crippen molar-refractivity contribution in [1.29, 1.82) is 0 Å². The number of hydrogen-bond donors (Lipinski definition) is 8. The molecule has 0 saturated heterocycles. The predicted molar refractivity (Wildman–Crippen MR) is 127 cm³/mol. The standard InChI is InChI=1S/C20H30N8O3S/c21-13(5-3-7-25-20(23)24)18(30)27-15(19(31)28-16(10-32)17(22)29)8-11-9-26-14-6-2-1-4-12(11)14/h1-2,4,6,9,13,15-16,26,32H,3,5,7-8,10,21H2,(H2,22,29)(H,27,30)(H,28,31)(H4,23,24,25). The van der Waals surface area contributed by atoms with Crippen molar-refractivity contribution >= 4 is 47.2 Å². The lowest BCUT2D eigenvalue weighted by atomic mass is 10.0. The first-order valence-electron chi connectivity index (χ1n) is 10.1. The quantitative estimate of drug-likeness (QED) is 0.0812. The highest BCUT2D eigenvalue weighted by atomic mass is 32.1. The molecule has 0 saturated carbocycles. The van der Waals surface area contributed by atoms with E-state index in [0.29, 0.717) is 19.4 Å². The van der Waals surface area contributed by atoms with Gasteiger partial charge >= 0.3 is 0 Å². The van der Waals surface area contributed by atoms with E-state index in [-0.39, 0.29) is 18.1 Å². The number of benzene rings is 1. The Morgan fingerprint density at radius 3 is 2.41 bits per heavy atom. The molecule has 3 atom stereocenters. The summed E-state index contributed by atoms with van der Waals surface area (Å²) in [5.41, 5.74) is 23.6. The van der Waals surface area contributed by atoms with E-state index < -0.39 is 35.8 Å². The first-order chi connectivity index (χ1) is 15.2. The molecule has 0 spiro atoms.